The second kappa shape index (κ2) is 7.70. The number of thiol groups is 1. The van der Waals surface area contributed by atoms with Crippen LogP contribution in [0.15, 0.2) is 0 Å². The molecule has 3 heterocycles. The standard InChI is InChI=1S/C14H25N3O2.CH4S/c1-14-4-2-8-17(14)12(3-5-14)11-19-13(18)16-9-6-15-7-10-16;1-2/h12,15H,2-11H2,1H3;2H,1H3/t12-,14-;/m0./s1. The van der Waals surface area contributed by atoms with E-state index in [1.54, 1.807) is 6.26 Å². The summed E-state index contributed by atoms with van der Waals surface area (Å²) in [6.07, 6.45) is 6.58. The Hall–Kier alpha value is -0.460. The number of hydrogen-bond donors (Lipinski definition) is 2. The van der Waals surface area contributed by atoms with Gasteiger partial charge in [-0.3, -0.25) is 4.90 Å². The topological polar surface area (TPSA) is 44.8 Å². The number of nitrogens with zero attached hydrogens (tertiary/aromatic N) is 2. The molecule has 3 fully saturated rings. The van der Waals surface area contributed by atoms with E-state index < -0.39 is 0 Å². The van der Waals surface area contributed by atoms with Crippen LogP contribution in [0.3, 0.4) is 0 Å². The lowest BCUT2D eigenvalue weighted by Gasteiger charge is -2.32. The average molecular weight is 315 g/mol. The van der Waals surface area contributed by atoms with Gasteiger partial charge in [-0.05, 0) is 45.4 Å². The van der Waals surface area contributed by atoms with Crippen LogP contribution in [0.1, 0.15) is 32.6 Å². The molecule has 0 aromatic rings. The van der Waals surface area contributed by atoms with Crippen LogP contribution in [0.2, 0.25) is 0 Å². The van der Waals surface area contributed by atoms with Gasteiger partial charge < -0.3 is 15.0 Å². The summed E-state index contributed by atoms with van der Waals surface area (Å²) in [5, 5.41) is 3.24. The fourth-order valence-electron chi connectivity index (χ4n) is 3.85. The van der Waals surface area contributed by atoms with Gasteiger partial charge >= 0.3 is 6.09 Å². The van der Waals surface area contributed by atoms with E-state index in [1.165, 1.54) is 32.2 Å². The van der Waals surface area contributed by atoms with Gasteiger partial charge in [0.2, 0.25) is 0 Å². The summed E-state index contributed by atoms with van der Waals surface area (Å²) < 4.78 is 5.54. The van der Waals surface area contributed by atoms with Crippen molar-refractivity contribution in [2.75, 3.05) is 45.6 Å². The van der Waals surface area contributed by atoms with Gasteiger partial charge in [0.05, 0.1) is 0 Å². The number of rotatable bonds is 2. The number of fused-ring (bicyclic) bond motifs is 1. The molecule has 122 valence electrons. The van der Waals surface area contributed by atoms with Gasteiger partial charge in [0.25, 0.3) is 0 Å². The first-order chi connectivity index (χ1) is 10.2. The third kappa shape index (κ3) is 3.85. The molecule has 21 heavy (non-hydrogen) atoms. The summed E-state index contributed by atoms with van der Waals surface area (Å²) in [6.45, 7) is 7.39. The number of piperazine rings is 1. The lowest BCUT2D eigenvalue weighted by atomic mass is 9.97. The molecule has 0 unspecified atom stereocenters. The zero-order valence-corrected chi connectivity index (χ0v) is 14.2. The lowest BCUT2D eigenvalue weighted by Crippen LogP contribution is -2.48. The van der Waals surface area contributed by atoms with Crippen molar-refractivity contribution < 1.29 is 9.53 Å². The maximum atomic E-state index is 12.0. The van der Waals surface area contributed by atoms with Gasteiger partial charge in [0, 0.05) is 37.8 Å². The normalized spacial score (nSPS) is 32.3. The highest BCUT2D eigenvalue weighted by Gasteiger charge is 2.45. The van der Waals surface area contributed by atoms with Crippen molar-refractivity contribution in [2.45, 2.75) is 44.2 Å². The number of carbonyl (C=O) groups excluding carboxylic acids is 1. The Bertz CT molecular complexity index is 350. The fraction of sp³-hybridized carbons (Fsp3) is 0.933. The Balaban J connectivity index is 0.000000774. The van der Waals surface area contributed by atoms with E-state index in [-0.39, 0.29) is 6.09 Å². The molecule has 1 amide bonds. The highest BCUT2D eigenvalue weighted by molar-refractivity contribution is 7.79. The number of carbonyl (C=O) groups is 1. The minimum atomic E-state index is -0.130. The molecule has 3 rings (SSSR count). The molecule has 0 spiro atoms. The summed E-state index contributed by atoms with van der Waals surface area (Å²) in [7, 11) is 0. The molecule has 3 aliphatic heterocycles. The maximum absolute atomic E-state index is 12.0. The van der Waals surface area contributed by atoms with Crippen molar-refractivity contribution in [1.29, 1.82) is 0 Å². The molecule has 6 heteroatoms. The van der Waals surface area contributed by atoms with E-state index >= 15 is 0 Å². The van der Waals surface area contributed by atoms with Crippen molar-refractivity contribution in [3.8, 4) is 0 Å². The highest BCUT2D eigenvalue weighted by atomic mass is 32.1. The lowest BCUT2D eigenvalue weighted by molar-refractivity contribution is 0.0619. The molecule has 0 bridgehead atoms. The number of nitrogens with one attached hydrogen (secondary N) is 1. The zero-order chi connectivity index (χ0) is 15.3. The number of ether oxygens (including phenoxy) is 1. The minimum Gasteiger partial charge on any atom is -0.448 e. The first kappa shape index (κ1) is 16.9. The van der Waals surface area contributed by atoms with Crippen molar-refractivity contribution in [3.05, 3.63) is 0 Å². The quantitative estimate of drug-likeness (QED) is 0.760. The van der Waals surface area contributed by atoms with Crippen molar-refractivity contribution in [1.82, 2.24) is 15.1 Å². The van der Waals surface area contributed by atoms with E-state index in [2.05, 4.69) is 29.8 Å². The maximum Gasteiger partial charge on any atom is 0.409 e. The summed E-state index contributed by atoms with van der Waals surface area (Å²) in [6, 6.07) is 0.444. The molecule has 0 radical (unpaired) electrons. The van der Waals surface area contributed by atoms with Crippen molar-refractivity contribution in [3.63, 3.8) is 0 Å². The van der Waals surface area contributed by atoms with Gasteiger partial charge in [0.15, 0.2) is 0 Å². The summed E-state index contributed by atoms with van der Waals surface area (Å²) >= 11 is 3.53. The predicted octanol–water partition coefficient (Wildman–Crippen LogP) is 1.59. The van der Waals surface area contributed by atoms with Gasteiger partial charge in [-0.25, -0.2) is 4.79 Å². The summed E-state index contributed by atoms with van der Waals surface area (Å²) in [4.78, 5) is 16.4. The smallest absolute Gasteiger partial charge is 0.409 e. The first-order valence-electron chi connectivity index (χ1n) is 8.03. The molecule has 3 aliphatic rings. The van der Waals surface area contributed by atoms with E-state index in [9.17, 15) is 4.79 Å². The first-order valence-corrected chi connectivity index (χ1v) is 8.92. The van der Waals surface area contributed by atoms with Crippen molar-refractivity contribution in [2.24, 2.45) is 0 Å². The summed E-state index contributed by atoms with van der Waals surface area (Å²) in [5.74, 6) is 0. The van der Waals surface area contributed by atoms with Crippen LogP contribution >= 0.6 is 12.6 Å². The number of hydrogen-bond acceptors (Lipinski definition) is 5. The van der Waals surface area contributed by atoms with Gasteiger partial charge in [-0.15, -0.1) is 0 Å². The second-order valence-electron chi connectivity index (χ2n) is 6.30. The molecule has 0 aromatic heterocycles. The SMILES string of the molecule is CS.C[C@@]12CCCN1[C@H](COC(=O)N1CCNCC1)CC2. The summed E-state index contributed by atoms with van der Waals surface area (Å²) in [5.41, 5.74) is 0.381. The van der Waals surface area contributed by atoms with Gasteiger partial charge in [-0.1, -0.05) is 0 Å². The Morgan fingerprint density at radius 1 is 1.29 bits per heavy atom. The largest absolute Gasteiger partial charge is 0.448 e. The molecule has 0 aromatic carbocycles. The monoisotopic (exact) mass is 315 g/mol. The van der Waals surface area contributed by atoms with E-state index in [0.29, 0.717) is 18.2 Å². The molecule has 0 aliphatic carbocycles. The molecular formula is C15H29N3O2S. The zero-order valence-electron chi connectivity index (χ0n) is 13.3. The van der Waals surface area contributed by atoms with E-state index in [1.807, 2.05) is 4.90 Å². The van der Waals surface area contributed by atoms with Crippen LogP contribution in [-0.4, -0.2) is 73.1 Å². The van der Waals surface area contributed by atoms with Crippen LogP contribution < -0.4 is 5.32 Å². The fourth-order valence-corrected chi connectivity index (χ4v) is 3.85. The van der Waals surface area contributed by atoms with Crippen LogP contribution in [-0.2, 0) is 4.74 Å². The minimum absolute atomic E-state index is 0.130. The molecule has 5 nitrogen and oxygen atoms in total. The highest BCUT2D eigenvalue weighted by Crippen LogP contribution is 2.41. The van der Waals surface area contributed by atoms with Crippen LogP contribution in [0.5, 0.6) is 0 Å². The van der Waals surface area contributed by atoms with E-state index in [4.69, 9.17) is 4.74 Å². The van der Waals surface area contributed by atoms with Gasteiger partial charge in [0.1, 0.15) is 6.61 Å². The van der Waals surface area contributed by atoms with E-state index in [0.717, 1.165) is 26.2 Å². The predicted molar refractivity (Wildman–Crippen MR) is 88.1 cm³/mol. The molecular weight excluding hydrogens is 286 g/mol. The Labute approximate surface area is 133 Å². The Morgan fingerprint density at radius 2 is 2.00 bits per heavy atom. The molecule has 3 saturated heterocycles. The van der Waals surface area contributed by atoms with Crippen molar-refractivity contribution >= 4 is 18.7 Å². The average Bonchev–Trinajstić information content (AvgIpc) is 3.05. The molecule has 0 saturated carbocycles. The Kier molecular flexibility index (Phi) is 6.20. The van der Waals surface area contributed by atoms with Crippen LogP contribution in [0.4, 0.5) is 4.79 Å². The van der Waals surface area contributed by atoms with Crippen LogP contribution in [0, 0.1) is 0 Å². The number of amides is 1. The third-order valence-corrected chi connectivity index (χ3v) is 5.04. The second-order valence-corrected chi connectivity index (χ2v) is 6.30. The van der Waals surface area contributed by atoms with Crippen LogP contribution in [0.25, 0.3) is 0 Å². The van der Waals surface area contributed by atoms with Gasteiger partial charge in [-0.2, -0.15) is 12.6 Å². The molecule has 1 N–H and O–H groups in total. The third-order valence-electron chi connectivity index (χ3n) is 5.04. The molecule has 2 atom stereocenters. The Morgan fingerprint density at radius 3 is 2.71 bits per heavy atom.